The van der Waals surface area contributed by atoms with E-state index in [2.05, 4.69) is 4.74 Å². The van der Waals surface area contributed by atoms with Gasteiger partial charge in [-0.2, -0.15) is 0 Å². The van der Waals surface area contributed by atoms with Crippen molar-refractivity contribution in [3.63, 3.8) is 0 Å². The minimum absolute atomic E-state index is 0.0776. The molecule has 1 aromatic rings. The minimum atomic E-state index is -2.29. The first-order chi connectivity index (χ1) is 8.10. The first-order valence-corrected chi connectivity index (χ1v) is 5.09. The zero-order valence-electron chi connectivity index (χ0n) is 9.60. The van der Waals surface area contributed by atoms with Gasteiger partial charge in [0.05, 0.1) is 13.7 Å². The van der Waals surface area contributed by atoms with Crippen molar-refractivity contribution in [1.29, 1.82) is 0 Å². The number of hydrogen-bond acceptors (Lipinski definition) is 4. The Balaban J connectivity index is 2.88. The van der Waals surface area contributed by atoms with Crippen molar-refractivity contribution in [3.05, 3.63) is 29.8 Å². The van der Waals surface area contributed by atoms with Gasteiger partial charge in [-0.15, -0.1) is 0 Å². The number of methoxy groups -OCH3 is 1. The van der Waals surface area contributed by atoms with Gasteiger partial charge in [-0.1, -0.05) is 12.1 Å². The first-order valence-electron chi connectivity index (χ1n) is 5.09. The Bertz CT molecular complexity index is 417. The largest absolute Gasteiger partial charge is 0.494 e. The number of rotatable bonds is 5. The van der Waals surface area contributed by atoms with Crippen LogP contribution in [-0.4, -0.2) is 31.6 Å². The molecular formula is C12H13FO4. The summed E-state index contributed by atoms with van der Waals surface area (Å²) in [7, 11) is 1.03. The van der Waals surface area contributed by atoms with Crippen LogP contribution in [0.2, 0.25) is 0 Å². The predicted octanol–water partition coefficient (Wildman–Crippen LogP) is 1.78. The molecule has 4 nitrogen and oxygen atoms in total. The quantitative estimate of drug-likeness (QED) is 0.447. The van der Waals surface area contributed by atoms with Gasteiger partial charge in [-0.3, -0.25) is 4.79 Å². The van der Waals surface area contributed by atoms with Gasteiger partial charge in [0, 0.05) is 5.56 Å². The van der Waals surface area contributed by atoms with E-state index in [0.717, 1.165) is 7.11 Å². The molecule has 0 aliphatic rings. The van der Waals surface area contributed by atoms with Gasteiger partial charge < -0.3 is 9.47 Å². The van der Waals surface area contributed by atoms with E-state index in [0.29, 0.717) is 12.4 Å². The Labute approximate surface area is 98.3 Å². The lowest BCUT2D eigenvalue weighted by molar-refractivity contribution is -0.144. The van der Waals surface area contributed by atoms with Crippen LogP contribution in [0.15, 0.2) is 24.3 Å². The molecule has 0 saturated carbocycles. The highest BCUT2D eigenvalue weighted by Gasteiger charge is 2.28. The van der Waals surface area contributed by atoms with E-state index in [1.165, 1.54) is 12.1 Å². The van der Waals surface area contributed by atoms with Crippen molar-refractivity contribution in [2.24, 2.45) is 0 Å². The van der Waals surface area contributed by atoms with Crippen LogP contribution in [0.1, 0.15) is 17.3 Å². The minimum Gasteiger partial charge on any atom is -0.494 e. The van der Waals surface area contributed by atoms with Crippen molar-refractivity contribution in [2.45, 2.75) is 13.1 Å². The molecule has 0 N–H and O–H groups in total. The highest BCUT2D eigenvalue weighted by molar-refractivity contribution is 6.11. The van der Waals surface area contributed by atoms with Crippen molar-refractivity contribution < 1.29 is 23.5 Å². The maximum absolute atomic E-state index is 13.3. The molecule has 0 saturated heterocycles. The molecule has 0 radical (unpaired) electrons. The highest BCUT2D eigenvalue weighted by Crippen LogP contribution is 2.16. The Kier molecular flexibility index (Phi) is 4.63. The summed E-state index contributed by atoms with van der Waals surface area (Å²) >= 11 is 0. The van der Waals surface area contributed by atoms with Crippen molar-refractivity contribution >= 4 is 11.8 Å². The lowest BCUT2D eigenvalue weighted by atomic mass is 10.1. The average Bonchev–Trinajstić information content (AvgIpc) is 2.36. The van der Waals surface area contributed by atoms with Crippen LogP contribution in [0.25, 0.3) is 0 Å². The maximum Gasteiger partial charge on any atom is 0.348 e. The Hall–Kier alpha value is -1.91. The molecule has 1 atom stereocenters. The number of carbonyl (C=O) groups is 2. The number of ether oxygens (including phenoxy) is 2. The van der Waals surface area contributed by atoms with E-state index in [-0.39, 0.29) is 5.56 Å². The van der Waals surface area contributed by atoms with E-state index in [4.69, 9.17) is 4.74 Å². The van der Waals surface area contributed by atoms with Gasteiger partial charge in [0.1, 0.15) is 5.75 Å². The second-order valence-corrected chi connectivity index (χ2v) is 3.21. The summed E-state index contributed by atoms with van der Waals surface area (Å²) in [6.45, 7) is 2.23. The molecule has 0 aromatic heterocycles. The van der Waals surface area contributed by atoms with Crippen molar-refractivity contribution in [1.82, 2.24) is 0 Å². The van der Waals surface area contributed by atoms with Gasteiger partial charge in [-0.05, 0) is 19.1 Å². The molecule has 92 valence electrons. The summed E-state index contributed by atoms with van der Waals surface area (Å²) in [4.78, 5) is 22.5. The number of benzene rings is 1. The molecule has 17 heavy (non-hydrogen) atoms. The van der Waals surface area contributed by atoms with Crippen LogP contribution < -0.4 is 4.74 Å². The summed E-state index contributed by atoms with van der Waals surface area (Å²) in [5, 5.41) is 0. The molecule has 1 rings (SSSR count). The number of ketones is 1. The third-order valence-electron chi connectivity index (χ3n) is 2.07. The second kappa shape index (κ2) is 5.98. The van der Waals surface area contributed by atoms with Crippen LogP contribution in [0.4, 0.5) is 4.39 Å². The Morgan fingerprint density at radius 3 is 2.71 bits per heavy atom. The Morgan fingerprint density at radius 1 is 1.41 bits per heavy atom. The number of carbonyl (C=O) groups excluding carboxylic acids is 2. The molecule has 5 heteroatoms. The summed E-state index contributed by atoms with van der Waals surface area (Å²) < 4.78 is 22.7. The lowest BCUT2D eigenvalue weighted by Crippen LogP contribution is -2.26. The SMILES string of the molecule is CCOc1cccc(C(=O)C(F)C(=O)OC)c1. The molecule has 1 aromatic carbocycles. The summed E-state index contributed by atoms with van der Waals surface area (Å²) in [6, 6.07) is 6.01. The smallest absolute Gasteiger partial charge is 0.348 e. The van der Waals surface area contributed by atoms with E-state index in [1.807, 2.05) is 0 Å². The third kappa shape index (κ3) is 3.27. The normalized spacial score (nSPS) is 11.7. The van der Waals surface area contributed by atoms with Crippen LogP contribution in [0.5, 0.6) is 5.75 Å². The van der Waals surface area contributed by atoms with Crippen LogP contribution in [-0.2, 0) is 9.53 Å². The summed E-state index contributed by atoms with van der Waals surface area (Å²) in [5.74, 6) is -1.68. The van der Waals surface area contributed by atoms with Crippen LogP contribution >= 0.6 is 0 Å². The molecule has 0 aliphatic carbocycles. The van der Waals surface area contributed by atoms with E-state index in [1.54, 1.807) is 19.1 Å². The molecule has 0 bridgehead atoms. The molecule has 0 aliphatic heterocycles. The standard InChI is InChI=1S/C12H13FO4/c1-3-17-9-6-4-5-8(7-9)11(14)10(13)12(15)16-2/h4-7,10H,3H2,1-2H3. The molecule has 0 spiro atoms. The van der Waals surface area contributed by atoms with Gasteiger partial charge in [-0.25, -0.2) is 9.18 Å². The number of halogens is 1. The summed E-state index contributed by atoms with van der Waals surface area (Å²) in [6.07, 6.45) is -2.29. The fourth-order valence-electron chi connectivity index (χ4n) is 1.26. The van der Waals surface area contributed by atoms with Gasteiger partial charge in [0.15, 0.2) is 0 Å². The van der Waals surface area contributed by atoms with E-state index < -0.39 is 17.9 Å². The number of hydrogen-bond donors (Lipinski definition) is 0. The number of esters is 1. The third-order valence-corrected chi connectivity index (χ3v) is 2.07. The fourth-order valence-corrected chi connectivity index (χ4v) is 1.26. The molecule has 1 unspecified atom stereocenters. The highest BCUT2D eigenvalue weighted by atomic mass is 19.1. The van der Waals surface area contributed by atoms with E-state index in [9.17, 15) is 14.0 Å². The molecule has 0 heterocycles. The van der Waals surface area contributed by atoms with Gasteiger partial charge in [0.2, 0.25) is 5.78 Å². The van der Waals surface area contributed by atoms with Crippen molar-refractivity contribution in [2.75, 3.05) is 13.7 Å². The second-order valence-electron chi connectivity index (χ2n) is 3.21. The topological polar surface area (TPSA) is 52.6 Å². The molecular weight excluding hydrogens is 227 g/mol. The number of alkyl halides is 1. The summed E-state index contributed by atoms with van der Waals surface area (Å²) in [5.41, 5.74) is 0.0776. The zero-order chi connectivity index (χ0) is 12.8. The Morgan fingerprint density at radius 2 is 2.12 bits per heavy atom. The zero-order valence-corrected chi connectivity index (χ0v) is 9.60. The van der Waals surface area contributed by atoms with Crippen LogP contribution in [0, 0.1) is 0 Å². The van der Waals surface area contributed by atoms with Gasteiger partial charge >= 0.3 is 5.97 Å². The molecule has 0 amide bonds. The maximum atomic E-state index is 13.3. The van der Waals surface area contributed by atoms with Gasteiger partial charge in [0.25, 0.3) is 6.17 Å². The predicted molar refractivity (Wildman–Crippen MR) is 58.9 cm³/mol. The first kappa shape index (κ1) is 13.2. The lowest BCUT2D eigenvalue weighted by Gasteiger charge is -2.07. The number of Topliss-reactive ketones (excluding diaryl/α,β-unsaturated/α-hetero) is 1. The van der Waals surface area contributed by atoms with Crippen LogP contribution in [0.3, 0.4) is 0 Å². The molecule has 0 fully saturated rings. The fraction of sp³-hybridized carbons (Fsp3) is 0.333. The average molecular weight is 240 g/mol. The monoisotopic (exact) mass is 240 g/mol. The van der Waals surface area contributed by atoms with E-state index >= 15 is 0 Å². The van der Waals surface area contributed by atoms with Crippen molar-refractivity contribution in [3.8, 4) is 5.75 Å².